The van der Waals surface area contributed by atoms with Crippen molar-refractivity contribution in [2.24, 2.45) is 0 Å². The van der Waals surface area contributed by atoms with Gasteiger partial charge in [0.1, 0.15) is 0 Å². The number of tetrazole rings is 1. The average Bonchev–Trinajstić information content (AvgIpc) is 2.81. The van der Waals surface area contributed by atoms with E-state index in [0.717, 1.165) is 5.39 Å². The Kier molecular flexibility index (Phi) is 2.15. The van der Waals surface area contributed by atoms with Gasteiger partial charge in [0.05, 0.1) is 5.56 Å². The summed E-state index contributed by atoms with van der Waals surface area (Å²) in [6, 6.07) is 6.99. The van der Waals surface area contributed by atoms with E-state index < -0.39 is 0 Å². The fraction of sp³-hybridized carbons (Fsp3) is 0. The highest BCUT2D eigenvalue weighted by atomic mass is 35.5. The van der Waals surface area contributed by atoms with E-state index in [1.54, 1.807) is 18.2 Å². The predicted molar refractivity (Wildman–Crippen MR) is 62.8 cm³/mol. The molecule has 7 heteroatoms. The quantitative estimate of drug-likeness (QED) is 0.680. The number of rotatable bonds is 1. The number of aromatic nitrogens is 5. The normalized spacial score (nSPS) is 10.9. The molecule has 2 aromatic heterocycles. The van der Waals surface area contributed by atoms with Crippen LogP contribution >= 0.6 is 11.6 Å². The number of pyridine rings is 1. The molecule has 0 aliphatic carbocycles. The molecule has 0 aliphatic heterocycles. The van der Waals surface area contributed by atoms with Crippen molar-refractivity contribution in [2.45, 2.75) is 0 Å². The van der Waals surface area contributed by atoms with Gasteiger partial charge < -0.3 is 4.98 Å². The fourth-order valence-electron chi connectivity index (χ4n) is 1.62. The van der Waals surface area contributed by atoms with Crippen LogP contribution in [0.2, 0.25) is 5.02 Å². The topological polar surface area (TPSA) is 87.3 Å². The summed E-state index contributed by atoms with van der Waals surface area (Å²) in [5.41, 5.74) is 0.807. The Labute approximate surface area is 99.6 Å². The monoisotopic (exact) mass is 247 g/mol. The van der Waals surface area contributed by atoms with Gasteiger partial charge in [-0.05, 0) is 34.0 Å². The molecule has 6 nitrogen and oxygen atoms in total. The molecule has 0 saturated carbocycles. The zero-order chi connectivity index (χ0) is 11.8. The van der Waals surface area contributed by atoms with E-state index in [-0.39, 0.29) is 5.56 Å². The second-order valence-electron chi connectivity index (χ2n) is 3.49. The van der Waals surface area contributed by atoms with Crippen LogP contribution in [-0.2, 0) is 0 Å². The average molecular weight is 248 g/mol. The first kappa shape index (κ1) is 9.98. The maximum absolute atomic E-state index is 11.8. The first-order valence-electron chi connectivity index (χ1n) is 4.81. The van der Waals surface area contributed by atoms with Crippen LogP contribution in [0.4, 0.5) is 0 Å². The summed E-state index contributed by atoms with van der Waals surface area (Å²) < 4.78 is 0. The molecule has 0 amide bonds. The molecule has 2 heterocycles. The molecular formula is C10H6ClN5O. The lowest BCUT2D eigenvalue weighted by molar-refractivity contribution is 0.881. The van der Waals surface area contributed by atoms with E-state index in [1.165, 1.54) is 0 Å². The second kappa shape index (κ2) is 3.67. The number of H-pyrrole nitrogens is 2. The summed E-state index contributed by atoms with van der Waals surface area (Å²) in [5, 5.41) is 14.6. The highest BCUT2D eigenvalue weighted by Gasteiger charge is 2.08. The Hall–Kier alpha value is -2.21. The zero-order valence-corrected chi connectivity index (χ0v) is 9.19. The lowest BCUT2D eigenvalue weighted by Gasteiger charge is -2.00. The van der Waals surface area contributed by atoms with Crippen LogP contribution in [-0.4, -0.2) is 25.6 Å². The molecular weight excluding hydrogens is 242 g/mol. The molecule has 0 bridgehead atoms. The number of hydrogen-bond donors (Lipinski definition) is 2. The molecule has 84 valence electrons. The van der Waals surface area contributed by atoms with Crippen LogP contribution in [0, 0.1) is 0 Å². The van der Waals surface area contributed by atoms with Gasteiger partial charge in [0.15, 0.2) is 5.82 Å². The maximum Gasteiger partial charge on any atom is 0.259 e. The van der Waals surface area contributed by atoms with E-state index in [9.17, 15) is 4.79 Å². The maximum atomic E-state index is 11.8. The summed E-state index contributed by atoms with van der Waals surface area (Å²) in [4.78, 5) is 14.6. The van der Waals surface area contributed by atoms with E-state index >= 15 is 0 Å². The summed E-state index contributed by atoms with van der Waals surface area (Å²) in [6.07, 6.45) is 0. The summed E-state index contributed by atoms with van der Waals surface area (Å²) >= 11 is 5.85. The molecule has 0 unspecified atom stereocenters. The van der Waals surface area contributed by atoms with Crippen molar-refractivity contribution in [3.8, 4) is 11.4 Å². The molecule has 3 rings (SSSR count). The van der Waals surface area contributed by atoms with E-state index in [2.05, 4.69) is 25.6 Å². The van der Waals surface area contributed by atoms with Gasteiger partial charge in [-0.1, -0.05) is 17.7 Å². The molecule has 0 atom stereocenters. The van der Waals surface area contributed by atoms with Crippen LogP contribution in [0.5, 0.6) is 0 Å². The number of benzene rings is 1. The van der Waals surface area contributed by atoms with Crippen LogP contribution in [0.25, 0.3) is 22.3 Å². The number of nitrogens with zero attached hydrogens (tertiary/aromatic N) is 3. The third-order valence-electron chi connectivity index (χ3n) is 2.41. The summed E-state index contributed by atoms with van der Waals surface area (Å²) in [6.45, 7) is 0. The molecule has 0 fully saturated rings. The summed E-state index contributed by atoms with van der Waals surface area (Å²) in [7, 11) is 0. The zero-order valence-electron chi connectivity index (χ0n) is 8.44. The molecule has 0 saturated heterocycles. The van der Waals surface area contributed by atoms with E-state index in [4.69, 9.17) is 11.6 Å². The molecule has 2 N–H and O–H groups in total. The molecule has 17 heavy (non-hydrogen) atoms. The molecule has 3 aromatic rings. The van der Waals surface area contributed by atoms with Crippen molar-refractivity contribution in [2.75, 3.05) is 0 Å². The van der Waals surface area contributed by atoms with Gasteiger partial charge in [0, 0.05) is 10.5 Å². The predicted octanol–water partition coefficient (Wildman–Crippen LogP) is 1.36. The molecule has 0 spiro atoms. The van der Waals surface area contributed by atoms with Crippen LogP contribution < -0.4 is 5.56 Å². The molecule has 0 radical (unpaired) electrons. The minimum atomic E-state index is -0.265. The minimum Gasteiger partial charge on any atom is -0.321 e. The van der Waals surface area contributed by atoms with Crippen LogP contribution in [0.1, 0.15) is 0 Å². The van der Waals surface area contributed by atoms with Crippen molar-refractivity contribution in [1.29, 1.82) is 0 Å². The lowest BCUT2D eigenvalue weighted by atomic mass is 10.1. The Morgan fingerprint density at radius 2 is 2.12 bits per heavy atom. The van der Waals surface area contributed by atoms with Gasteiger partial charge >= 0.3 is 0 Å². The van der Waals surface area contributed by atoms with Crippen LogP contribution in [0.15, 0.2) is 29.1 Å². The Bertz CT molecular complexity index is 734. The van der Waals surface area contributed by atoms with Crippen molar-refractivity contribution in [3.63, 3.8) is 0 Å². The third kappa shape index (κ3) is 1.68. The number of nitrogens with one attached hydrogen (secondary N) is 2. The highest BCUT2D eigenvalue weighted by molar-refractivity contribution is 6.31. The lowest BCUT2D eigenvalue weighted by Crippen LogP contribution is -2.09. The van der Waals surface area contributed by atoms with Crippen molar-refractivity contribution in [3.05, 3.63) is 39.6 Å². The smallest absolute Gasteiger partial charge is 0.259 e. The minimum absolute atomic E-state index is 0.265. The highest BCUT2D eigenvalue weighted by Crippen LogP contribution is 2.19. The Morgan fingerprint density at radius 1 is 1.24 bits per heavy atom. The van der Waals surface area contributed by atoms with E-state index in [1.807, 2.05) is 6.07 Å². The van der Waals surface area contributed by atoms with Gasteiger partial charge in [-0.25, -0.2) is 5.10 Å². The number of hydrogen-bond acceptors (Lipinski definition) is 4. The first-order valence-corrected chi connectivity index (χ1v) is 5.18. The fourth-order valence-corrected chi connectivity index (χ4v) is 1.79. The van der Waals surface area contributed by atoms with Crippen molar-refractivity contribution in [1.82, 2.24) is 25.6 Å². The Morgan fingerprint density at radius 3 is 2.88 bits per heavy atom. The Balaban J connectivity index is 2.32. The standard InChI is InChI=1S/C10H6ClN5O/c11-6-2-1-5-3-7(9-13-15-16-14-9)10(17)12-8(5)4-6/h1-4H,(H,12,17)(H,13,14,15,16). The first-order chi connectivity index (χ1) is 8.24. The SMILES string of the molecule is O=c1[nH]c2cc(Cl)ccc2cc1-c1nnn[nH]1. The van der Waals surface area contributed by atoms with Crippen molar-refractivity contribution >= 4 is 22.5 Å². The third-order valence-corrected chi connectivity index (χ3v) is 2.64. The van der Waals surface area contributed by atoms with Gasteiger partial charge in [-0.3, -0.25) is 4.79 Å². The summed E-state index contributed by atoms with van der Waals surface area (Å²) in [5.74, 6) is 0.336. The second-order valence-corrected chi connectivity index (χ2v) is 3.93. The van der Waals surface area contributed by atoms with Crippen LogP contribution in [0.3, 0.4) is 0 Å². The van der Waals surface area contributed by atoms with Crippen molar-refractivity contribution < 1.29 is 0 Å². The van der Waals surface area contributed by atoms with Gasteiger partial charge in [-0.2, -0.15) is 0 Å². The number of aromatic amines is 2. The largest absolute Gasteiger partial charge is 0.321 e. The molecule has 1 aromatic carbocycles. The van der Waals surface area contributed by atoms with Gasteiger partial charge in [0.2, 0.25) is 0 Å². The number of halogens is 1. The molecule has 0 aliphatic rings. The van der Waals surface area contributed by atoms with Gasteiger partial charge in [-0.15, -0.1) is 5.10 Å². The number of fused-ring (bicyclic) bond motifs is 1. The van der Waals surface area contributed by atoms with Gasteiger partial charge in [0.25, 0.3) is 5.56 Å². The van der Waals surface area contributed by atoms with E-state index in [0.29, 0.717) is 21.9 Å².